The standard InChI is InChI=1S/C19H22N6OS/c1-3-17-22-13(2)18(27-17)15-6-7-20-19(23-15)24-16-5-4-14(12-21-16)25-8-10-26-11-9-25/h4-7,12H,3,8-11H2,1-2H3,(H,20,21,23,24). The van der Waals surface area contributed by atoms with Crippen molar-refractivity contribution in [2.45, 2.75) is 20.3 Å². The predicted molar refractivity (Wildman–Crippen MR) is 108 cm³/mol. The highest BCUT2D eigenvalue weighted by atomic mass is 32.1. The van der Waals surface area contributed by atoms with E-state index >= 15 is 0 Å². The van der Waals surface area contributed by atoms with Gasteiger partial charge in [-0.2, -0.15) is 0 Å². The molecule has 1 N–H and O–H groups in total. The maximum absolute atomic E-state index is 5.39. The Morgan fingerprint density at radius 2 is 2.00 bits per heavy atom. The number of ether oxygens (including phenoxy) is 1. The van der Waals surface area contributed by atoms with Crippen molar-refractivity contribution < 1.29 is 4.74 Å². The molecule has 8 heteroatoms. The van der Waals surface area contributed by atoms with Crippen LogP contribution >= 0.6 is 11.3 Å². The Bertz CT molecular complexity index is 905. The molecule has 27 heavy (non-hydrogen) atoms. The van der Waals surface area contributed by atoms with Gasteiger partial charge in [0.2, 0.25) is 5.95 Å². The minimum Gasteiger partial charge on any atom is -0.378 e. The van der Waals surface area contributed by atoms with Crippen LogP contribution in [0.15, 0.2) is 30.6 Å². The summed E-state index contributed by atoms with van der Waals surface area (Å²) in [4.78, 5) is 21.4. The molecule has 0 bridgehead atoms. The van der Waals surface area contributed by atoms with E-state index in [9.17, 15) is 0 Å². The highest BCUT2D eigenvalue weighted by Crippen LogP contribution is 2.29. The summed E-state index contributed by atoms with van der Waals surface area (Å²) in [6.45, 7) is 7.45. The third-order valence-electron chi connectivity index (χ3n) is 4.40. The van der Waals surface area contributed by atoms with Crippen molar-refractivity contribution in [1.29, 1.82) is 0 Å². The van der Waals surface area contributed by atoms with Gasteiger partial charge in [0.05, 0.1) is 46.4 Å². The van der Waals surface area contributed by atoms with Crippen molar-refractivity contribution in [1.82, 2.24) is 19.9 Å². The van der Waals surface area contributed by atoms with Crippen molar-refractivity contribution in [3.63, 3.8) is 0 Å². The molecular weight excluding hydrogens is 360 g/mol. The molecule has 0 saturated carbocycles. The van der Waals surface area contributed by atoms with Crippen molar-refractivity contribution in [2.75, 3.05) is 36.5 Å². The lowest BCUT2D eigenvalue weighted by Gasteiger charge is -2.28. The molecule has 0 unspecified atom stereocenters. The lowest BCUT2D eigenvalue weighted by atomic mass is 10.3. The minimum atomic E-state index is 0.532. The summed E-state index contributed by atoms with van der Waals surface area (Å²) in [6.07, 6.45) is 4.57. The van der Waals surface area contributed by atoms with E-state index in [0.717, 1.165) is 65.5 Å². The van der Waals surface area contributed by atoms with Crippen molar-refractivity contribution in [3.8, 4) is 10.6 Å². The van der Waals surface area contributed by atoms with Crippen LogP contribution in [-0.4, -0.2) is 46.2 Å². The van der Waals surface area contributed by atoms with E-state index in [1.807, 2.05) is 25.3 Å². The molecule has 4 heterocycles. The fourth-order valence-electron chi connectivity index (χ4n) is 2.97. The Kier molecular flexibility index (Phi) is 5.26. The van der Waals surface area contributed by atoms with Gasteiger partial charge in [0.25, 0.3) is 0 Å². The van der Waals surface area contributed by atoms with Crippen LogP contribution < -0.4 is 10.2 Å². The number of rotatable bonds is 5. The van der Waals surface area contributed by atoms with Crippen LogP contribution in [0.1, 0.15) is 17.6 Å². The highest BCUT2D eigenvalue weighted by Gasteiger charge is 2.13. The molecule has 3 aromatic heterocycles. The maximum atomic E-state index is 5.39. The lowest BCUT2D eigenvalue weighted by Crippen LogP contribution is -2.36. The Morgan fingerprint density at radius 1 is 1.15 bits per heavy atom. The van der Waals surface area contributed by atoms with Gasteiger partial charge in [-0.15, -0.1) is 11.3 Å². The third-order valence-corrected chi connectivity index (χ3v) is 5.72. The molecule has 1 aliphatic heterocycles. The summed E-state index contributed by atoms with van der Waals surface area (Å²) in [6, 6.07) is 5.93. The second-order valence-corrected chi connectivity index (χ2v) is 7.35. The summed E-state index contributed by atoms with van der Waals surface area (Å²) in [7, 11) is 0. The molecule has 0 aromatic carbocycles. The molecule has 0 atom stereocenters. The predicted octanol–water partition coefficient (Wildman–Crippen LogP) is 3.45. The number of aryl methyl sites for hydroxylation is 2. The first-order valence-electron chi connectivity index (χ1n) is 9.08. The van der Waals surface area contributed by atoms with Crippen LogP contribution in [0.2, 0.25) is 0 Å². The molecule has 0 radical (unpaired) electrons. The van der Waals surface area contributed by atoms with Crippen molar-refractivity contribution in [3.05, 3.63) is 41.3 Å². The van der Waals surface area contributed by atoms with Crippen LogP contribution in [0.4, 0.5) is 17.5 Å². The largest absolute Gasteiger partial charge is 0.378 e. The van der Waals surface area contributed by atoms with E-state index in [1.54, 1.807) is 17.5 Å². The summed E-state index contributed by atoms with van der Waals surface area (Å²) >= 11 is 1.68. The van der Waals surface area contributed by atoms with E-state index in [4.69, 9.17) is 4.74 Å². The normalized spacial score (nSPS) is 14.4. The fourth-order valence-corrected chi connectivity index (χ4v) is 3.94. The summed E-state index contributed by atoms with van der Waals surface area (Å²) < 4.78 is 5.39. The van der Waals surface area contributed by atoms with Gasteiger partial charge in [0.1, 0.15) is 5.82 Å². The van der Waals surface area contributed by atoms with Gasteiger partial charge in [-0.05, 0) is 31.5 Å². The average molecular weight is 382 g/mol. The van der Waals surface area contributed by atoms with E-state index in [2.05, 4.69) is 43.1 Å². The quantitative estimate of drug-likeness (QED) is 0.724. The van der Waals surface area contributed by atoms with E-state index < -0.39 is 0 Å². The van der Waals surface area contributed by atoms with Gasteiger partial charge in [-0.1, -0.05) is 6.92 Å². The number of thiazole rings is 1. The molecular formula is C19H22N6OS. The summed E-state index contributed by atoms with van der Waals surface area (Å²) in [5.41, 5.74) is 2.99. The molecule has 0 aliphatic carbocycles. The molecule has 7 nitrogen and oxygen atoms in total. The van der Waals surface area contributed by atoms with Crippen LogP contribution in [0.5, 0.6) is 0 Å². The third kappa shape index (κ3) is 4.06. The number of pyridine rings is 1. The van der Waals surface area contributed by atoms with Crippen LogP contribution in [0.3, 0.4) is 0 Å². The zero-order chi connectivity index (χ0) is 18.6. The minimum absolute atomic E-state index is 0.532. The fraction of sp³-hybridized carbons (Fsp3) is 0.368. The Balaban J connectivity index is 1.50. The van der Waals surface area contributed by atoms with Gasteiger partial charge in [-0.3, -0.25) is 0 Å². The van der Waals surface area contributed by atoms with E-state index in [1.165, 1.54) is 0 Å². The highest BCUT2D eigenvalue weighted by molar-refractivity contribution is 7.15. The van der Waals surface area contributed by atoms with Crippen LogP contribution in [0.25, 0.3) is 10.6 Å². The van der Waals surface area contributed by atoms with E-state index in [0.29, 0.717) is 5.95 Å². The van der Waals surface area contributed by atoms with E-state index in [-0.39, 0.29) is 0 Å². The number of nitrogens with one attached hydrogen (secondary N) is 1. The Hall–Kier alpha value is -2.58. The van der Waals surface area contributed by atoms with Gasteiger partial charge in [0.15, 0.2) is 0 Å². The number of hydrogen-bond acceptors (Lipinski definition) is 8. The average Bonchev–Trinajstić information content (AvgIpc) is 3.10. The second kappa shape index (κ2) is 7.98. The first kappa shape index (κ1) is 17.8. The molecule has 4 rings (SSSR count). The Morgan fingerprint density at radius 3 is 2.70 bits per heavy atom. The zero-order valence-corrected chi connectivity index (χ0v) is 16.3. The van der Waals surface area contributed by atoms with Crippen LogP contribution in [-0.2, 0) is 11.2 Å². The van der Waals surface area contributed by atoms with Gasteiger partial charge in [0, 0.05) is 19.3 Å². The molecule has 3 aromatic rings. The SMILES string of the molecule is CCc1nc(C)c(-c2ccnc(Nc3ccc(N4CCOCC4)cn3)n2)s1. The molecule has 1 fully saturated rings. The molecule has 140 valence electrons. The summed E-state index contributed by atoms with van der Waals surface area (Å²) in [5.74, 6) is 1.25. The van der Waals surface area contributed by atoms with Gasteiger partial charge in [-0.25, -0.2) is 19.9 Å². The first-order chi connectivity index (χ1) is 13.2. The molecule has 0 spiro atoms. The van der Waals surface area contributed by atoms with Gasteiger partial charge >= 0.3 is 0 Å². The molecule has 1 aliphatic rings. The zero-order valence-electron chi connectivity index (χ0n) is 15.5. The van der Waals surface area contributed by atoms with Crippen molar-refractivity contribution >= 4 is 28.8 Å². The number of aromatic nitrogens is 4. The number of nitrogens with zero attached hydrogens (tertiary/aromatic N) is 5. The van der Waals surface area contributed by atoms with Crippen LogP contribution in [0, 0.1) is 6.92 Å². The first-order valence-corrected chi connectivity index (χ1v) is 9.90. The lowest BCUT2D eigenvalue weighted by molar-refractivity contribution is 0.122. The molecule has 0 amide bonds. The van der Waals surface area contributed by atoms with Crippen molar-refractivity contribution in [2.24, 2.45) is 0 Å². The smallest absolute Gasteiger partial charge is 0.228 e. The number of hydrogen-bond donors (Lipinski definition) is 1. The number of morpholine rings is 1. The second-order valence-electron chi connectivity index (χ2n) is 6.27. The monoisotopic (exact) mass is 382 g/mol. The topological polar surface area (TPSA) is 76.1 Å². The Labute approximate surface area is 162 Å². The number of anilines is 3. The van der Waals surface area contributed by atoms with Gasteiger partial charge < -0.3 is 15.0 Å². The summed E-state index contributed by atoms with van der Waals surface area (Å²) in [5, 5.41) is 4.31. The maximum Gasteiger partial charge on any atom is 0.228 e. The molecule has 1 saturated heterocycles.